The van der Waals surface area contributed by atoms with Crippen LogP contribution in [0.1, 0.15) is 52.9 Å². The molecule has 4 unspecified atom stereocenters. The maximum absolute atomic E-state index is 9.82. The molecule has 0 bridgehead atoms. The number of unbranched alkanes of at least 4 members (excludes halogenated alkanes) is 2. The summed E-state index contributed by atoms with van der Waals surface area (Å²) in [4.78, 5) is -0.191. The molecule has 0 aliphatic carbocycles. The van der Waals surface area contributed by atoms with Crippen LogP contribution >= 0.6 is 15.9 Å². The van der Waals surface area contributed by atoms with Crippen LogP contribution in [-0.2, 0) is 9.47 Å². The third-order valence-electron chi connectivity index (χ3n) is 2.97. The van der Waals surface area contributed by atoms with Gasteiger partial charge in [-0.25, -0.2) is 0 Å². The van der Waals surface area contributed by atoms with Crippen molar-refractivity contribution in [1.29, 1.82) is 0 Å². The average Bonchev–Trinajstić information content (AvgIpc) is 2.38. The monoisotopic (exact) mass is 340 g/mol. The smallest absolute Gasteiger partial charge is 0.167 e. The Morgan fingerprint density at radius 1 is 0.947 bits per heavy atom. The molecule has 4 nitrogen and oxygen atoms in total. The number of alkyl halides is 1. The van der Waals surface area contributed by atoms with Crippen molar-refractivity contribution in [2.75, 3.05) is 13.2 Å². The molecular weight excluding hydrogens is 312 g/mol. The molecule has 0 aromatic rings. The van der Waals surface area contributed by atoms with Gasteiger partial charge in [-0.2, -0.15) is 0 Å². The summed E-state index contributed by atoms with van der Waals surface area (Å²) in [7, 11) is 0. The van der Waals surface area contributed by atoms with Gasteiger partial charge < -0.3 is 19.7 Å². The number of aliphatic hydroxyl groups is 2. The summed E-state index contributed by atoms with van der Waals surface area (Å²) in [5.41, 5.74) is 0. The quantitative estimate of drug-likeness (QED) is 0.325. The van der Waals surface area contributed by atoms with Crippen molar-refractivity contribution in [2.45, 2.75) is 70.3 Å². The molecule has 0 aromatic carbocycles. The Bertz CT molecular complexity index is 184. The average molecular weight is 341 g/mol. The van der Waals surface area contributed by atoms with Crippen molar-refractivity contribution >= 4 is 15.9 Å². The highest BCUT2D eigenvalue weighted by Gasteiger charge is 2.23. The minimum absolute atomic E-state index is 0.0503. The lowest BCUT2D eigenvalue weighted by atomic mass is 10.0. The number of aliphatic hydroxyl groups excluding tert-OH is 2. The highest BCUT2D eigenvalue weighted by Crippen LogP contribution is 2.21. The van der Waals surface area contributed by atoms with E-state index in [2.05, 4.69) is 29.8 Å². The van der Waals surface area contributed by atoms with E-state index in [0.717, 1.165) is 25.7 Å². The summed E-state index contributed by atoms with van der Waals surface area (Å²) in [6.07, 6.45) is 2.96. The van der Waals surface area contributed by atoms with Gasteiger partial charge in [0.25, 0.3) is 0 Å². The second-order valence-electron chi connectivity index (χ2n) is 4.96. The highest BCUT2D eigenvalue weighted by molar-refractivity contribution is 9.09. The fourth-order valence-electron chi connectivity index (χ4n) is 1.55. The molecular formula is C14H29BrO4. The zero-order valence-corrected chi connectivity index (χ0v) is 13.9. The lowest BCUT2D eigenvalue weighted by Crippen LogP contribution is -2.30. The minimum atomic E-state index is -0.836. The number of hydrogen-bond donors (Lipinski definition) is 2. The van der Waals surface area contributed by atoms with Crippen molar-refractivity contribution in [3.05, 3.63) is 0 Å². The summed E-state index contributed by atoms with van der Waals surface area (Å²) >= 11 is 3.40. The highest BCUT2D eigenvalue weighted by atomic mass is 79.9. The van der Waals surface area contributed by atoms with Crippen LogP contribution in [0.5, 0.6) is 0 Å². The van der Waals surface area contributed by atoms with Gasteiger partial charge in [0.15, 0.2) is 12.6 Å². The first-order valence-electron chi connectivity index (χ1n) is 7.26. The van der Waals surface area contributed by atoms with Crippen LogP contribution in [0.2, 0.25) is 0 Å². The number of halogens is 1. The van der Waals surface area contributed by atoms with E-state index >= 15 is 0 Å². The molecule has 0 rings (SSSR count). The molecule has 0 radical (unpaired) electrons. The molecule has 0 saturated carbocycles. The van der Waals surface area contributed by atoms with Crippen molar-refractivity contribution in [2.24, 2.45) is 5.92 Å². The maximum atomic E-state index is 9.82. The van der Waals surface area contributed by atoms with Gasteiger partial charge >= 0.3 is 0 Å². The van der Waals surface area contributed by atoms with Gasteiger partial charge in [0.05, 0.1) is 4.83 Å². The second-order valence-corrected chi connectivity index (χ2v) is 6.13. The molecule has 0 aliphatic rings. The molecule has 0 aromatic heterocycles. The first-order valence-corrected chi connectivity index (χ1v) is 8.17. The summed E-state index contributed by atoms with van der Waals surface area (Å²) in [5, 5.41) is 19.6. The van der Waals surface area contributed by atoms with Crippen molar-refractivity contribution in [1.82, 2.24) is 0 Å². The second kappa shape index (κ2) is 12.1. The molecule has 0 aliphatic heterocycles. The molecule has 2 N–H and O–H groups in total. The summed E-state index contributed by atoms with van der Waals surface area (Å²) < 4.78 is 10.6. The van der Waals surface area contributed by atoms with E-state index in [-0.39, 0.29) is 10.7 Å². The molecule has 0 spiro atoms. The Kier molecular flexibility index (Phi) is 12.3. The Hall–Kier alpha value is 0.320. The first kappa shape index (κ1) is 19.3. The lowest BCUT2D eigenvalue weighted by molar-refractivity contribution is -0.141. The van der Waals surface area contributed by atoms with Crippen LogP contribution < -0.4 is 0 Å². The fourth-order valence-corrected chi connectivity index (χ4v) is 2.30. The van der Waals surface area contributed by atoms with Crippen molar-refractivity contribution in [3.8, 4) is 0 Å². The number of ether oxygens (including phenoxy) is 2. The molecule has 0 heterocycles. The van der Waals surface area contributed by atoms with Gasteiger partial charge in [-0.15, -0.1) is 0 Å². The normalized spacial score (nSPS) is 18.0. The van der Waals surface area contributed by atoms with Crippen LogP contribution in [0.3, 0.4) is 0 Å². The topological polar surface area (TPSA) is 58.9 Å². The third kappa shape index (κ3) is 9.79. The Morgan fingerprint density at radius 3 is 1.89 bits per heavy atom. The van der Waals surface area contributed by atoms with Crippen molar-refractivity contribution < 1.29 is 19.7 Å². The van der Waals surface area contributed by atoms with E-state index in [4.69, 9.17) is 9.47 Å². The van der Waals surface area contributed by atoms with Gasteiger partial charge in [-0.1, -0.05) is 49.5 Å². The molecule has 0 saturated heterocycles. The van der Waals surface area contributed by atoms with E-state index in [1.54, 1.807) is 0 Å². The van der Waals surface area contributed by atoms with E-state index in [9.17, 15) is 10.2 Å². The van der Waals surface area contributed by atoms with Gasteiger partial charge in [-0.05, 0) is 19.3 Å². The summed E-state index contributed by atoms with van der Waals surface area (Å²) in [6.45, 7) is 7.20. The molecule has 0 fully saturated rings. The van der Waals surface area contributed by atoms with Crippen LogP contribution in [0, 0.1) is 5.92 Å². The van der Waals surface area contributed by atoms with Gasteiger partial charge in [0.1, 0.15) is 0 Å². The minimum Gasteiger partial charge on any atom is -0.368 e. The molecule has 116 valence electrons. The lowest BCUT2D eigenvalue weighted by Gasteiger charge is -2.24. The van der Waals surface area contributed by atoms with Gasteiger partial charge in [-0.3, -0.25) is 0 Å². The van der Waals surface area contributed by atoms with Crippen LogP contribution in [0.4, 0.5) is 0 Å². The van der Waals surface area contributed by atoms with E-state index < -0.39 is 12.6 Å². The zero-order valence-electron chi connectivity index (χ0n) is 12.3. The fraction of sp³-hybridized carbons (Fsp3) is 1.00. The SMILES string of the molecule is CCCCOC(O)C(C)CC(Br)C(O)OCCCC. The van der Waals surface area contributed by atoms with E-state index in [0.29, 0.717) is 19.6 Å². The molecule has 5 heteroatoms. The van der Waals surface area contributed by atoms with E-state index in [1.165, 1.54) is 0 Å². The van der Waals surface area contributed by atoms with E-state index in [1.807, 2.05) is 6.92 Å². The molecule has 4 atom stereocenters. The van der Waals surface area contributed by atoms with Crippen LogP contribution in [0.25, 0.3) is 0 Å². The Morgan fingerprint density at radius 2 is 1.42 bits per heavy atom. The number of hydrogen-bond acceptors (Lipinski definition) is 4. The van der Waals surface area contributed by atoms with Gasteiger partial charge in [0.2, 0.25) is 0 Å². The van der Waals surface area contributed by atoms with Gasteiger partial charge in [0, 0.05) is 19.1 Å². The first-order chi connectivity index (χ1) is 9.02. The predicted molar refractivity (Wildman–Crippen MR) is 80.2 cm³/mol. The summed E-state index contributed by atoms with van der Waals surface area (Å²) in [6, 6.07) is 0. The maximum Gasteiger partial charge on any atom is 0.167 e. The zero-order chi connectivity index (χ0) is 14.7. The standard InChI is InChI=1S/C14H29BrO4/c1-4-6-8-18-13(16)11(3)10-12(15)14(17)19-9-7-5-2/h11-14,16-17H,4-10H2,1-3H3. The Balaban J connectivity index is 3.85. The third-order valence-corrected chi connectivity index (χ3v) is 3.79. The molecule has 19 heavy (non-hydrogen) atoms. The predicted octanol–water partition coefficient (Wildman–Crippen LogP) is 3.05. The largest absolute Gasteiger partial charge is 0.368 e. The number of rotatable bonds is 12. The van der Waals surface area contributed by atoms with Crippen molar-refractivity contribution in [3.63, 3.8) is 0 Å². The summed E-state index contributed by atoms with van der Waals surface area (Å²) in [5.74, 6) is -0.0503. The molecule has 0 amide bonds. The van der Waals surface area contributed by atoms with Crippen LogP contribution in [-0.4, -0.2) is 40.8 Å². The Labute approximate surface area is 125 Å². The van der Waals surface area contributed by atoms with Crippen LogP contribution in [0.15, 0.2) is 0 Å².